The molecule has 1 unspecified atom stereocenters. The number of rotatable bonds is 2. The van der Waals surface area contributed by atoms with Crippen LogP contribution in [0.15, 0.2) is 36.4 Å². The molecule has 2 aromatic rings. The SMILES string of the molecule is Cc1cc(C)cc([Si](C)(Cl)c2ccc(C)cc2C)c1. The first-order valence-corrected chi connectivity index (χ1v) is 10.2. The van der Waals surface area contributed by atoms with E-state index in [-0.39, 0.29) is 0 Å². The average Bonchev–Trinajstić information content (AvgIpc) is 2.26. The van der Waals surface area contributed by atoms with E-state index in [1.165, 1.54) is 32.6 Å². The molecule has 0 aliphatic rings. The van der Waals surface area contributed by atoms with Gasteiger partial charge in [-0.3, -0.25) is 0 Å². The molecule has 0 bridgehead atoms. The smallest absolute Gasteiger partial charge is 0.155 e. The normalized spacial score (nSPS) is 14.2. The first-order chi connectivity index (χ1) is 8.80. The van der Waals surface area contributed by atoms with Crippen molar-refractivity contribution in [3.63, 3.8) is 0 Å². The Morgan fingerprint density at radius 3 is 1.89 bits per heavy atom. The van der Waals surface area contributed by atoms with Gasteiger partial charge >= 0.3 is 0 Å². The van der Waals surface area contributed by atoms with Gasteiger partial charge in [0.1, 0.15) is 0 Å². The zero-order valence-corrected chi connectivity index (χ0v) is 14.1. The van der Waals surface area contributed by atoms with E-state index in [0.717, 1.165) is 0 Å². The Labute approximate surface area is 122 Å². The molecule has 1 atom stereocenters. The second-order valence-corrected chi connectivity index (χ2v) is 11.1. The van der Waals surface area contributed by atoms with E-state index < -0.39 is 7.38 Å². The summed E-state index contributed by atoms with van der Waals surface area (Å²) in [4.78, 5) is 0. The summed E-state index contributed by atoms with van der Waals surface area (Å²) in [5.74, 6) is 0. The summed E-state index contributed by atoms with van der Waals surface area (Å²) < 4.78 is 0. The molecule has 0 saturated heterocycles. The minimum atomic E-state index is -2.11. The van der Waals surface area contributed by atoms with Crippen LogP contribution in [0.2, 0.25) is 6.55 Å². The Hall–Kier alpha value is -1.05. The predicted octanol–water partition coefficient (Wildman–Crippen LogP) is 3.85. The van der Waals surface area contributed by atoms with Crippen molar-refractivity contribution in [2.45, 2.75) is 34.2 Å². The second kappa shape index (κ2) is 5.14. The van der Waals surface area contributed by atoms with Gasteiger partial charge in [-0.25, -0.2) is 0 Å². The molecule has 0 radical (unpaired) electrons. The Morgan fingerprint density at radius 1 is 0.789 bits per heavy atom. The van der Waals surface area contributed by atoms with Gasteiger partial charge in [0.05, 0.1) is 0 Å². The Balaban J connectivity index is 2.57. The molecule has 0 nitrogen and oxygen atoms in total. The molecule has 0 spiro atoms. The van der Waals surface area contributed by atoms with Crippen LogP contribution in [-0.2, 0) is 0 Å². The van der Waals surface area contributed by atoms with Gasteiger partial charge in [-0.05, 0) is 44.6 Å². The lowest BCUT2D eigenvalue weighted by Gasteiger charge is -2.24. The van der Waals surface area contributed by atoms with Crippen LogP contribution in [0.3, 0.4) is 0 Å². The third kappa shape index (κ3) is 2.93. The van der Waals surface area contributed by atoms with E-state index in [1.807, 2.05) is 0 Å². The summed E-state index contributed by atoms with van der Waals surface area (Å²) in [6, 6.07) is 13.3. The fraction of sp³-hybridized carbons (Fsp3) is 0.294. The standard InChI is InChI=1S/C17H21ClSi/c1-12-6-7-17(15(4)9-12)19(5,18)16-10-13(2)8-14(3)11-16/h6-11H,1-5H3. The zero-order valence-electron chi connectivity index (χ0n) is 12.3. The summed E-state index contributed by atoms with van der Waals surface area (Å²) >= 11 is 7.03. The monoisotopic (exact) mass is 288 g/mol. The maximum absolute atomic E-state index is 7.03. The van der Waals surface area contributed by atoms with E-state index in [4.69, 9.17) is 11.1 Å². The van der Waals surface area contributed by atoms with Crippen LogP contribution in [0, 0.1) is 27.7 Å². The zero-order chi connectivity index (χ0) is 14.2. The fourth-order valence-corrected chi connectivity index (χ4v) is 6.22. The fourth-order valence-electron chi connectivity index (χ4n) is 2.74. The predicted molar refractivity (Wildman–Crippen MR) is 88.6 cm³/mol. The minimum Gasteiger partial charge on any atom is -0.155 e. The highest BCUT2D eigenvalue weighted by Crippen LogP contribution is 2.15. The Kier molecular flexibility index (Phi) is 3.89. The van der Waals surface area contributed by atoms with Crippen LogP contribution in [0.1, 0.15) is 22.3 Å². The highest BCUT2D eigenvalue weighted by molar-refractivity contribution is 7.33. The van der Waals surface area contributed by atoms with Gasteiger partial charge in [-0.2, -0.15) is 11.1 Å². The number of aryl methyl sites for hydroxylation is 4. The van der Waals surface area contributed by atoms with Crippen molar-refractivity contribution < 1.29 is 0 Å². The van der Waals surface area contributed by atoms with Gasteiger partial charge in [0, 0.05) is 0 Å². The lowest BCUT2D eigenvalue weighted by molar-refractivity contribution is 1.39. The van der Waals surface area contributed by atoms with Gasteiger partial charge in [-0.15, -0.1) is 0 Å². The molecule has 0 amide bonds. The Bertz CT molecular complexity index is 594. The maximum Gasteiger partial charge on any atom is 0.214 e. The molecule has 100 valence electrons. The first-order valence-electron chi connectivity index (χ1n) is 6.66. The van der Waals surface area contributed by atoms with Gasteiger partial charge in [0.25, 0.3) is 0 Å². The molecule has 0 aliphatic heterocycles. The molecule has 0 aromatic heterocycles. The lowest BCUT2D eigenvalue weighted by Crippen LogP contribution is -2.52. The average molecular weight is 289 g/mol. The quantitative estimate of drug-likeness (QED) is 0.582. The summed E-state index contributed by atoms with van der Waals surface area (Å²) in [5, 5.41) is 2.63. The van der Waals surface area contributed by atoms with Crippen molar-refractivity contribution in [3.05, 3.63) is 58.7 Å². The lowest BCUT2D eigenvalue weighted by atomic mass is 10.1. The number of hydrogen-bond donors (Lipinski definition) is 0. The van der Waals surface area contributed by atoms with Gasteiger partial charge in [-0.1, -0.05) is 58.7 Å². The molecular formula is C17H21ClSi. The van der Waals surface area contributed by atoms with Crippen molar-refractivity contribution in [1.29, 1.82) is 0 Å². The molecule has 2 aromatic carbocycles. The number of halogens is 1. The van der Waals surface area contributed by atoms with Crippen molar-refractivity contribution in [1.82, 2.24) is 0 Å². The van der Waals surface area contributed by atoms with Crippen molar-refractivity contribution in [2.24, 2.45) is 0 Å². The van der Waals surface area contributed by atoms with E-state index >= 15 is 0 Å². The maximum atomic E-state index is 7.03. The van der Waals surface area contributed by atoms with Crippen LogP contribution in [0.25, 0.3) is 0 Å². The van der Waals surface area contributed by atoms with Crippen molar-refractivity contribution >= 4 is 28.8 Å². The molecule has 0 aliphatic carbocycles. The minimum absolute atomic E-state index is 1.29. The van der Waals surface area contributed by atoms with Crippen molar-refractivity contribution in [3.8, 4) is 0 Å². The highest BCUT2D eigenvalue weighted by atomic mass is 35.6. The molecule has 19 heavy (non-hydrogen) atoms. The number of benzene rings is 2. The molecule has 2 rings (SSSR count). The molecule has 0 N–H and O–H groups in total. The molecule has 0 heterocycles. The Morgan fingerprint density at radius 2 is 1.37 bits per heavy atom. The largest absolute Gasteiger partial charge is 0.214 e. The van der Waals surface area contributed by atoms with E-state index in [2.05, 4.69) is 70.6 Å². The highest BCUT2D eigenvalue weighted by Gasteiger charge is 2.31. The van der Waals surface area contributed by atoms with Crippen LogP contribution in [-0.4, -0.2) is 7.38 Å². The summed E-state index contributed by atoms with van der Waals surface area (Å²) in [5.41, 5.74) is 5.18. The molecule has 2 heteroatoms. The first kappa shape index (κ1) is 14.4. The third-order valence-electron chi connectivity index (χ3n) is 3.65. The topological polar surface area (TPSA) is 0 Å². The van der Waals surface area contributed by atoms with Gasteiger partial charge < -0.3 is 0 Å². The van der Waals surface area contributed by atoms with Crippen molar-refractivity contribution in [2.75, 3.05) is 0 Å². The van der Waals surface area contributed by atoms with Gasteiger partial charge in [0.2, 0.25) is 7.38 Å². The molecular weight excluding hydrogens is 268 g/mol. The summed E-state index contributed by atoms with van der Waals surface area (Å²) in [6.45, 7) is 10.8. The third-order valence-corrected chi connectivity index (χ3v) is 7.86. The van der Waals surface area contributed by atoms with Crippen LogP contribution >= 0.6 is 11.1 Å². The van der Waals surface area contributed by atoms with Crippen LogP contribution in [0.4, 0.5) is 0 Å². The molecule has 0 fully saturated rings. The van der Waals surface area contributed by atoms with E-state index in [0.29, 0.717) is 0 Å². The van der Waals surface area contributed by atoms with E-state index in [9.17, 15) is 0 Å². The van der Waals surface area contributed by atoms with Crippen LogP contribution in [0.5, 0.6) is 0 Å². The molecule has 0 saturated carbocycles. The summed E-state index contributed by atoms with van der Waals surface area (Å²) in [6.07, 6.45) is 0. The summed E-state index contributed by atoms with van der Waals surface area (Å²) in [7, 11) is -2.11. The number of hydrogen-bond acceptors (Lipinski definition) is 0. The second-order valence-electron chi connectivity index (χ2n) is 5.70. The van der Waals surface area contributed by atoms with Crippen LogP contribution < -0.4 is 10.4 Å². The van der Waals surface area contributed by atoms with Gasteiger partial charge in [0.15, 0.2) is 0 Å². The van der Waals surface area contributed by atoms with E-state index in [1.54, 1.807) is 0 Å².